The molecule has 0 rings (SSSR count). The Bertz CT molecular complexity index is 195. The topological polar surface area (TPSA) is 12.4 Å². The van der Waals surface area contributed by atoms with Crippen LogP contribution >= 0.6 is 0 Å². The highest BCUT2D eigenvalue weighted by Crippen LogP contribution is 2.21. The van der Waals surface area contributed by atoms with Gasteiger partial charge in [-0.2, -0.15) is 0 Å². The maximum absolute atomic E-state index is 3.98. The average molecular weight is 193 g/mol. The first-order valence-electron chi connectivity index (χ1n) is 5.57. The maximum Gasteiger partial charge on any atom is 0.0267 e. The van der Waals surface area contributed by atoms with Crippen LogP contribution in [-0.2, 0) is 0 Å². The third-order valence-electron chi connectivity index (χ3n) is 2.45. The van der Waals surface area contributed by atoms with Gasteiger partial charge in [-0.1, -0.05) is 38.8 Å². The van der Waals surface area contributed by atoms with Gasteiger partial charge >= 0.3 is 0 Å². The molecule has 0 radical (unpaired) electrons. The van der Waals surface area contributed by atoms with Crippen LogP contribution in [0.15, 0.2) is 29.4 Å². The fourth-order valence-corrected chi connectivity index (χ4v) is 1.65. The van der Waals surface area contributed by atoms with Gasteiger partial charge in [0.25, 0.3) is 0 Å². The zero-order chi connectivity index (χ0) is 10.8. The lowest BCUT2D eigenvalue weighted by atomic mass is 9.91. The monoisotopic (exact) mass is 193 g/mol. The zero-order valence-electron chi connectivity index (χ0n) is 9.79. The molecule has 0 unspecified atom stereocenters. The Balaban J connectivity index is 4.24. The molecule has 0 saturated carbocycles. The third kappa shape index (κ3) is 5.74. The van der Waals surface area contributed by atoms with Crippen molar-refractivity contribution in [3.8, 4) is 0 Å². The first-order valence-corrected chi connectivity index (χ1v) is 5.57. The smallest absolute Gasteiger partial charge is 0.0267 e. The summed E-state index contributed by atoms with van der Waals surface area (Å²) in [6.07, 6.45) is 10.6. The third-order valence-corrected chi connectivity index (χ3v) is 2.45. The molecular formula is C13H23N. The Morgan fingerprint density at radius 2 is 1.86 bits per heavy atom. The van der Waals surface area contributed by atoms with Gasteiger partial charge in [0.15, 0.2) is 0 Å². The summed E-state index contributed by atoms with van der Waals surface area (Å²) in [5.74, 6) is 0.737. The van der Waals surface area contributed by atoms with E-state index >= 15 is 0 Å². The standard InChI is InChI=1S/C13H23N/c1-5-8-13(9-6-2)12(4)10-11-14-7-3/h7,10-11,13H,3,5-6,8-9H2,1-2,4H3/b12-10+,14-11?. The van der Waals surface area contributed by atoms with Crippen molar-refractivity contribution in [3.63, 3.8) is 0 Å². The lowest BCUT2D eigenvalue weighted by Crippen LogP contribution is -2.01. The van der Waals surface area contributed by atoms with E-state index in [1.54, 1.807) is 6.20 Å². The fraction of sp³-hybridized carbons (Fsp3) is 0.615. The maximum atomic E-state index is 3.98. The summed E-state index contributed by atoms with van der Waals surface area (Å²) in [7, 11) is 0. The highest BCUT2D eigenvalue weighted by atomic mass is 14.6. The second kappa shape index (κ2) is 8.74. The van der Waals surface area contributed by atoms with E-state index in [1.807, 2.05) is 6.21 Å². The SMILES string of the molecule is C=CN=C/C=C(\C)C(CCC)CCC. The van der Waals surface area contributed by atoms with Gasteiger partial charge in [-0.3, -0.25) is 4.99 Å². The first-order chi connectivity index (χ1) is 6.76. The predicted molar refractivity (Wildman–Crippen MR) is 65.8 cm³/mol. The van der Waals surface area contributed by atoms with Crippen LogP contribution in [0.2, 0.25) is 0 Å². The molecule has 0 fully saturated rings. The zero-order valence-corrected chi connectivity index (χ0v) is 9.79. The van der Waals surface area contributed by atoms with Crippen molar-refractivity contribution < 1.29 is 0 Å². The molecule has 0 bridgehead atoms. The van der Waals surface area contributed by atoms with E-state index in [2.05, 4.69) is 38.4 Å². The summed E-state index contributed by atoms with van der Waals surface area (Å²) in [5, 5.41) is 0. The Morgan fingerprint density at radius 3 is 2.29 bits per heavy atom. The fourth-order valence-electron chi connectivity index (χ4n) is 1.65. The van der Waals surface area contributed by atoms with Gasteiger partial charge in [0.05, 0.1) is 0 Å². The largest absolute Gasteiger partial charge is 0.265 e. The molecule has 0 aromatic rings. The molecule has 0 spiro atoms. The molecule has 0 amide bonds. The van der Waals surface area contributed by atoms with Crippen molar-refractivity contribution in [1.29, 1.82) is 0 Å². The second-order valence-corrected chi connectivity index (χ2v) is 3.67. The minimum atomic E-state index is 0.737. The highest BCUT2D eigenvalue weighted by Gasteiger charge is 2.07. The Morgan fingerprint density at radius 1 is 1.29 bits per heavy atom. The summed E-state index contributed by atoms with van der Waals surface area (Å²) >= 11 is 0. The number of allylic oxidation sites excluding steroid dienone is 2. The molecule has 1 heteroatoms. The Labute approximate surface area is 88.6 Å². The van der Waals surface area contributed by atoms with Crippen LogP contribution in [0.25, 0.3) is 0 Å². The number of aliphatic imine (C=N–C) groups is 1. The van der Waals surface area contributed by atoms with Gasteiger partial charge in [0.1, 0.15) is 0 Å². The van der Waals surface area contributed by atoms with E-state index in [9.17, 15) is 0 Å². The predicted octanol–water partition coefficient (Wildman–Crippen LogP) is 4.36. The molecule has 0 aromatic carbocycles. The van der Waals surface area contributed by atoms with Crippen LogP contribution in [0.5, 0.6) is 0 Å². The van der Waals surface area contributed by atoms with Crippen LogP contribution in [0.4, 0.5) is 0 Å². The van der Waals surface area contributed by atoms with Crippen molar-refractivity contribution in [1.82, 2.24) is 0 Å². The van der Waals surface area contributed by atoms with Gasteiger partial charge in [0, 0.05) is 12.4 Å². The quantitative estimate of drug-likeness (QED) is 0.533. The molecule has 0 atom stereocenters. The van der Waals surface area contributed by atoms with E-state index in [4.69, 9.17) is 0 Å². The number of hydrogen-bond acceptors (Lipinski definition) is 1. The van der Waals surface area contributed by atoms with Crippen LogP contribution in [0.1, 0.15) is 46.5 Å². The van der Waals surface area contributed by atoms with E-state index in [0.717, 1.165) is 5.92 Å². The van der Waals surface area contributed by atoms with Gasteiger partial charge < -0.3 is 0 Å². The molecule has 0 N–H and O–H groups in total. The van der Waals surface area contributed by atoms with Gasteiger partial charge in [-0.15, -0.1) is 0 Å². The van der Waals surface area contributed by atoms with Gasteiger partial charge in [-0.05, 0) is 31.8 Å². The summed E-state index contributed by atoms with van der Waals surface area (Å²) < 4.78 is 0. The molecule has 0 aliphatic carbocycles. The van der Waals surface area contributed by atoms with Crippen LogP contribution in [0, 0.1) is 5.92 Å². The minimum Gasteiger partial charge on any atom is -0.265 e. The van der Waals surface area contributed by atoms with E-state index in [0.29, 0.717) is 0 Å². The molecule has 0 saturated heterocycles. The second-order valence-electron chi connectivity index (χ2n) is 3.67. The van der Waals surface area contributed by atoms with Crippen molar-refractivity contribution in [3.05, 3.63) is 24.4 Å². The van der Waals surface area contributed by atoms with Crippen molar-refractivity contribution >= 4 is 6.21 Å². The molecule has 1 nitrogen and oxygen atoms in total. The van der Waals surface area contributed by atoms with Gasteiger partial charge in [-0.25, -0.2) is 0 Å². The summed E-state index contributed by atoms with van der Waals surface area (Å²) in [6, 6.07) is 0. The average Bonchev–Trinajstić information content (AvgIpc) is 2.18. The van der Waals surface area contributed by atoms with Crippen molar-refractivity contribution in [2.24, 2.45) is 10.9 Å². The lowest BCUT2D eigenvalue weighted by Gasteiger charge is -2.15. The lowest BCUT2D eigenvalue weighted by molar-refractivity contribution is 0.504. The van der Waals surface area contributed by atoms with Crippen LogP contribution < -0.4 is 0 Å². The highest BCUT2D eigenvalue weighted by molar-refractivity contribution is 5.72. The van der Waals surface area contributed by atoms with E-state index in [-0.39, 0.29) is 0 Å². The molecule has 0 heterocycles. The van der Waals surface area contributed by atoms with E-state index < -0.39 is 0 Å². The summed E-state index contributed by atoms with van der Waals surface area (Å²) in [6.45, 7) is 10.2. The Hall–Kier alpha value is -0.850. The normalized spacial score (nSPS) is 12.7. The summed E-state index contributed by atoms with van der Waals surface area (Å²) in [4.78, 5) is 3.98. The Kier molecular flexibility index (Phi) is 8.20. The molecule has 0 aliphatic heterocycles. The van der Waals surface area contributed by atoms with Crippen LogP contribution in [-0.4, -0.2) is 6.21 Å². The minimum absolute atomic E-state index is 0.737. The van der Waals surface area contributed by atoms with E-state index in [1.165, 1.54) is 31.3 Å². The molecular weight excluding hydrogens is 170 g/mol. The molecule has 80 valence electrons. The molecule has 14 heavy (non-hydrogen) atoms. The van der Waals surface area contributed by atoms with Crippen LogP contribution in [0.3, 0.4) is 0 Å². The number of rotatable bonds is 7. The van der Waals surface area contributed by atoms with Crippen molar-refractivity contribution in [2.75, 3.05) is 0 Å². The van der Waals surface area contributed by atoms with Crippen molar-refractivity contribution in [2.45, 2.75) is 46.5 Å². The summed E-state index contributed by atoms with van der Waals surface area (Å²) in [5.41, 5.74) is 1.44. The first kappa shape index (κ1) is 13.2. The number of hydrogen-bond donors (Lipinski definition) is 0. The van der Waals surface area contributed by atoms with Gasteiger partial charge in [0.2, 0.25) is 0 Å². The number of nitrogens with zero attached hydrogens (tertiary/aromatic N) is 1. The molecule has 0 aliphatic rings. The molecule has 0 aromatic heterocycles.